The molecule has 0 rings (SSSR count). The van der Waals surface area contributed by atoms with E-state index in [4.69, 9.17) is 7.85 Å². The first-order valence-corrected chi connectivity index (χ1v) is 2.48. The maximum absolute atomic E-state index is 5.17. The van der Waals surface area contributed by atoms with E-state index in [1.165, 1.54) is 0 Å². The van der Waals surface area contributed by atoms with Gasteiger partial charge in [0.15, 0.2) is 0 Å². The van der Waals surface area contributed by atoms with Crippen LogP contribution < -0.4 is 5.32 Å². The molecule has 2 radical (unpaired) electrons. The molecule has 0 unspecified atom stereocenters. The Morgan fingerprint density at radius 3 is 2.38 bits per heavy atom. The van der Waals surface area contributed by atoms with Gasteiger partial charge in [0.25, 0.3) is 0 Å². The van der Waals surface area contributed by atoms with E-state index >= 15 is 0 Å². The number of nitrogens with zero attached hydrogens (tertiary/aromatic N) is 1. The van der Waals surface area contributed by atoms with Gasteiger partial charge in [0.1, 0.15) is 0 Å². The van der Waals surface area contributed by atoms with Crippen LogP contribution >= 0.6 is 0 Å². The van der Waals surface area contributed by atoms with Crippen LogP contribution in [-0.4, -0.2) is 33.3 Å². The highest BCUT2D eigenvalue weighted by molar-refractivity contribution is 6.08. The van der Waals surface area contributed by atoms with E-state index in [0.717, 1.165) is 5.82 Å². The molecule has 0 saturated heterocycles. The number of nitrogens with one attached hydrogen (secondary N) is 1. The minimum atomic E-state index is 0.441. The van der Waals surface area contributed by atoms with Crippen LogP contribution in [0.25, 0.3) is 0 Å². The van der Waals surface area contributed by atoms with Crippen LogP contribution in [0.15, 0.2) is 12.4 Å². The fourth-order valence-electron chi connectivity index (χ4n) is 0.276. The van der Waals surface area contributed by atoms with Gasteiger partial charge in [-0.3, -0.25) is 0 Å². The summed E-state index contributed by atoms with van der Waals surface area (Å²) >= 11 is 0. The van der Waals surface area contributed by atoms with Crippen LogP contribution in [0.3, 0.4) is 0 Å². The van der Waals surface area contributed by atoms with Crippen LogP contribution in [0.4, 0.5) is 0 Å². The van der Waals surface area contributed by atoms with E-state index in [0.29, 0.717) is 6.44 Å². The van der Waals surface area contributed by atoms with Gasteiger partial charge in [-0.2, -0.15) is 0 Å². The summed E-state index contributed by atoms with van der Waals surface area (Å²) in [6, 6.07) is 0. The minimum Gasteiger partial charge on any atom is -0.381 e. The lowest BCUT2D eigenvalue weighted by Gasteiger charge is -2.15. The average molecular weight is 110 g/mol. The molecule has 2 nitrogen and oxygen atoms in total. The summed E-state index contributed by atoms with van der Waals surface area (Å²) in [5.74, 6) is 0.840. The largest absolute Gasteiger partial charge is 0.381 e. The molecule has 44 valence electrons. The second kappa shape index (κ2) is 3.41. The zero-order valence-electron chi connectivity index (χ0n) is 5.44. The molecule has 0 saturated carbocycles. The second-order valence-electron chi connectivity index (χ2n) is 1.72. The lowest BCUT2D eigenvalue weighted by atomic mass is 10.2. The summed E-state index contributed by atoms with van der Waals surface area (Å²) < 4.78 is 0. The predicted octanol–water partition coefficient (Wildman–Crippen LogP) is -0.265. The third kappa shape index (κ3) is 2.56. The molecule has 1 N–H and O–H groups in total. The molecule has 0 aliphatic rings. The molecule has 0 aromatic heterocycles. The molecule has 0 spiro atoms. The van der Waals surface area contributed by atoms with Crippen molar-refractivity contribution in [2.24, 2.45) is 0 Å². The van der Waals surface area contributed by atoms with Crippen molar-refractivity contribution in [1.82, 2.24) is 10.2 Å². The second-order valence-corrected chi connectivity index (χ2v) is 1.72. The molecule has 0 aromatic rings. The van der Waals surface area contributed by atoms with E-state index in [2.05, 4.69) is 11.9 Å². The van der Waals surface area contributed by atoms with Crippen molar-refractivity contribution in [2.45, 2.75) is 0 Å². The van der Waals surface area contributed by atoms with Gasteiger partial charge in [-0.15, -0.1) is 0 Å². The third-order valence-corrected chi connectivity index (χ3v) is 0.846. The van der Waals surface area contributed by atoms with Crippen molar-refractivity contribution >= 4 is 7.85 Å². The molecule has 0 aromatic carbocycles. The van der Waals surface area contributed by atoms with Crippen LogP contribution in [0.5, 0.6) is 0 Å². The van der Waals surface area contributed by atoms with Crippen molar-refractivity contribution in [3.63, 3.8) is 0 Å². The summed E-state index contributed by atoms with van der Waals surface area (Å²) in [4.78, 5) is 1.87. The van der Waals surface area contributed by atoms with E-state index in [1.54, 1.807) is 0 Å². The minimum absolute atomic E-state index is 0.441. The first kappa shape index (κ1) is 7.40. The fraction of sp³-hybridized carbons (Fsp3) is 0.600. The SMILES string of the molecule is [B]CNC(=C)N(C)C. The van der Waals surface area contributed by atoms with Crippen molar-refractivity contribution in [1.29, 1.82) is 0 Å². The first-order valence-electron chi connectivity index (χ1n) is 2.48. The monoisotopic (exact) mass is 110 g/mol. The maximum atomic E-state index is 5.17. The molecule has 3 heteroatoms. The summed E-state index contributed by atoms with van der Waals surface area (Å²) in [5, 5.41) is 2.85. The molecule has 0 aliphatic heterocycles. The molecule has 0 bridgehead atoms. The Morgan fingerprint density at radius 2 is 2.25 bits per heavy atom. The van der Waals surface area contributed by atoms with Gasteiger partial charge in [-0.25, -0.2) is 0 Å². The van der Waals surface area contributed by atoms with Gasteiger partial charge in [-0.05, 0) is 6.44 Å². The molecule has 0 amide bonds. The van der Waals surface area contributed by atoms with Gasteiger partial charge in [0.05, 0.1) is 13.7 Å². The maximum Gasteiger partial charge on any atom is 0.0939 e. The summed E-state index contributed by atoms with van der Waals surface area (Å²) in [6.45, 7) is 3.68. The molecule has 0 fully saturated rings. The van der Waals surface area contributed by atoms with E-state index < -0.39 is 0 Å². The van der Waals surface area contributed by atoms with Gasteiger partial charge in [0, 0.05) is 14.1 Å². The Labute approximate surface area is 52.0 Å². The Hall–Kier alpha value is -0.595. The van der Waals surface area contributed by atoms with Gasteiger partial charge >= 0.3 is 0 Å². The molecule has 8 heavy (non-hydrogen) atoms. The summed E-state index contributed by atoms with van der Waals surface area (Å²) in [5.41, 5.74) is 0. The smallest absolute Gasteiger partial charge is 0.0939 e. The van der Waals surface area contributed by atoms with E-state index in [9.17, 15) is 0 Å². The van der Waals surface area contributed by atoms with Gasteiger partial charge in [-0.1, -0.05) is 6.58 Å². The van der Waals surface area contributed by atoms with E-state index in [1.807, 2.05) is 19.0 Å². The quantitative estimate of drug-likeness (QED) is 0.503. The molecule has 0 atom stereocenters. The first-order chi connectivity index (χ1) is 3.68. The van der Waals surface area contributed by atoms with Gasteiger partial charge in [0.2, 0.25) is 0 Å². The molecular weight excluding hydrogens is 98.9 g/mol. The number of hydrogen-bond donors (Lipinski definition) is 1. The highest BCUT2D eigenvalue weighted by atomic mass is 15.2. The van der Waals surface area contributed by atoms with Gasteiger partial charge < -0.3 is 10.2 Å². The topological polar surface area (TPSA) is 15.3 Å². The standard InChI is InChI=1S/C5H11BN2/c1-5(7-4-6)8(2)3/h7H,1,4H2,2-3H3. The Kier molecular flexibility index (Phi) is 3.16. The lowest BCUT2D eigenvalue weighted by Crippen LogP contribution is -2.25. The Bertz CT molecular complexity index is 80.5. The van der Waals surface area contributed by atoms with Crippen molar-refractivity contribution < 1.29 is 0 Å². The van der Waals surface area contributed by atoms with Crippen LogP contribution in [0, 0.1) is 0 Å². The molecule has 0 aliphatic carbocycles. The van der Waals surface area contributed by atoms with Crippen molar-refractivity contribution in [3.8, 4) is 0 Å². The Balaban J connectivity index is 3.33. The summed E-state index contributed by atoms with van der Waals surface area (Å²) in [6.07, 6.45) is 0.441. The highest BCUT2D eigenvalue weighted by Gasteiger charge is 1.88. The zero-order valence-corrected chi connectivity index (χ0v) is 5.44. The fourth-order valence-corrected chi connectivity index (χ4v) is 0.276. The average Bonchev–Trinajstić information content (AvgIpc) is 1.67. The van der Waals surface area contributed by atoms with E-state index in [-0.39, 0.29) is 0 Å². The lowest BCUT2D eigenvalue weighted by molar-refractivity contribution is 0.475. The highest BCUT2D eigenvalue weighted by Crippen LogP contribution is 1.84. The third-order valence-electron chi connectivity index (χ3n) is 0.846. The van der Waals surface area contributed by atoms with Crippen LogP contribution in [0.1, 0.15) is 0 Å². The molecular formula is C5H11BN2. The summed E-state index contributed by atoms with van der Waals surface area (Å²) in [7, 11) is 8.98. The number of hydrogen-bond acceptors (Lipinski definition) is 2. The predicted molar refractivity (Wildman–Crippen MR) is 36.6 cm³/mol. The zero-order chi connectivity index (χ0) is 6.57. The normalized spacial score (nSPS) is 8.25. The van der Waals surface area contributed by atoms with Crippen LogP contribution in [0.2, 0.25) is 0 Å². The number of rotatable bonds is 3. The van der Waals surface area contributed by atoms with Crippen molar-refractivity contribution in [3.05, 3.63) is 12.4 Å². The molecule has 0 heterocycles. The van der Waals surface area contributed by atoms with Crippen LogP contribution in [-0.2, 0) is 0 Å². The van der Waals surface area contributed by atoms with Crippen molar-refractivity contribution in [2.75, 3.05) is 20.5 Å². The Morgan fingerprint density at radius 1 is 1.75 bits per heavy atom.